The second-order valence-corrected chi connectivity index (χ2v) is 6.54. The molecule has 0 spiro atoms. The number of alkyl halides is 3. The summed E-state index contributed by atoms with van der Waals surface area (Å²) in [6.07, 6.45) is -2.48. The molecule has 1 N–H and O–H groups in total. The third-order valence-electron chi connectivity index (χ3n) is 4.91. The average molecular weight is 342 g/mol. The van der Waals surface area contributed by atoms with Crippen LogP contribution in [0.15, 0.2) is 24.3 Å². The summed E-state index contributed by atoms with van der Waals surface area (Å²) in [5.41, 5.74) is 0.214. The molecule has 3 atom stereocenters. The van der Waals surface area contributed by atoms with Crippen LogP contribution in [-0.4, -0.2) is 29.9 Å². The van der Waals surface area contributed by atoms with Gasteiger partial charge in [0.1, 0.15) is 0 Å². The van der Waals surface area contributed by atoms with Gasteiger partial charge < -0.3 is 10.2 Å². The Morgan fingerprint density at radius 2 is 1.96 bits per heavy atom. The van der Waals surface area contributed by atoms with Crippen LogP contribution in [0.4, 0.5) is 13.2 Å². The van der Waals surface area contributed by atoms with Crippen LogP contribution in [-0.2, 0) is 11.0 Å². The number of hydrogen-bond donors (Lipinski definition) is 1. The molecule has 2 rings (SSSR count). The molecule has 0 saturated carbocycles. The molecule has 0 aromatic heterocycles. The number of carbonyl (C=O) groups excluding carboxylic acids is 1. The number of nitrogens with one attached hydrogen (secondary N) is 1. The number of carbonyl (C=O) groups is 1. The van der Waals surface area contributed by atoms with Crippen LogP contribution in [0.2, 0.25) is 0 Å². The van der Waals surface area contributed by atoms with E-state index in [1.807, 2.05) is 11.8 Å². The van der Waals surface area contributed by atoms with Gasteiger partial charge in [0.2, 0.25) is 5.91 Å². The molecule has 1 amide bonds. The number of rotatable bonds is 4. The monoisotopic (exact) mass is 342 g/mol. The van der Waals surface area contributed by atoms with Crippen LogP contribution in [0.5, 0.6) is 0 Å². The Labute approximate surface area is 141 Å². The average Bonchev–Trinajstić information content (AvgIpc) is 2.54. The molecule has 6 heteroatoms. The van der Waals surface area contributed by atoms with Gasteiger partial charge in [-0.15, -0.1) is 0 Å². The minimum atomic E-state index is -4.30. The lowest BCUT2D eigenvalue weighted by Gasteiger charge is -2.39. The van der Waals surface area contributed by atoms with E-state index in [0.29, 0.717) is 5.92 Å². The highest BCUT2D eigenvalue weighted by Gasteiger charge is 2.31. The predicted molar refractivity (Wildman–Crippen MR) is 87.4 cm³/mol. The third-order valence-corrected chi connectivity index (χ3v) is 4.91. The summed E-state index contributed by atoms with van der Waals surface area (Å²) in [6, 6.07) is 5.56. The van der Waals surface area contributed by atoms with Gasteiger partial charge in [-0.25, -0.2) is 0 Å². The van der Waals surface area contributed by atoms with Crippen molar-refractivity contribution in [1.29, 1.82) is 0 Å². The van der Waals surface area contributed by atoms with Crippen LogP contribution in [0.3, 0.4) is 0 Å². The smallest absolute Gasteiger partial charge is 0.343 e. The first-order chi connectivity index (χ1) is 11.2. The molecule has 1 aromatic rings. The summed E-state index contributed by atoms with van der Waals surface area (Å²) in [5, 5.41) is 3.53. The Kier molecular flexibility index (Phi) is 5.91. The van der Waals surface area contributed by atoms with Gasteiger partial charge >= 0.3 is 6.18 Å². The first-order valence-corrected chi connectivity index (χ1v) is 8.41. The zero-order valence-electron chi connectivity index (χ0n) is 14.4. The Morgan fingerprint density at radius 1 is 1.33 bits per heavy atom. The van der Waals surface area contributed by atoms with Crippen molar-refractivity contribution >= 4 is 5.91 Å². The van der Waals surface area contributed by atoms with E-state index in [-0.39, 0.29) is 18.0 Å². The maximum Gasteiger partial charge on any atom is 0.416 e. The van der Waals surface area contributed by atoms with Gasteiger partial charge in [-0.1, -0.05) is 25.5 Å². The zero-order chi connectivity index (χ0) is 17.9. The molecule has 0 radical (unpaired) electrons. The summed E-state index contributed by atoms with van der Waals surface area (Å²) in [5.74, 6) is 0.460. The van der Waals surface area contributed by atoms with Crippen molar-refractivity contribution in [2.45, 2.75) is 51.9 Å². The van der Waals surface area contributed by atoms with Crippen molar-refractivity contribution in [2.24, 2.45) is 5.92 Å². The maximum absolute atomic E-state index is 12.6. The molecule has 1 aromatic carbocycles. The first-order valence-electron chi connectivity index (χ1n) is 8.41. The van der Waals surface area contributed by atoms with Gasteiger partial charge in [-0.3, -0.25) is 4.79 Å². The number of benzene rings is 1. The van der Waals surface area contributed by atoms with Crippen LogP contribution in [0.25, 0.3) is 0 Å². The molecule has 1 fully saturated rings. The molecule has 3 nitrogen and oxygen atoms in total. The van der Waals surface area contributed by atoms with Gasteiger partial charge in [0.05, 0.1) is 5.56 Å². The quantitative estimate of drug-likeness (QED) is 0.897. The molecule has 0 aliphatic carbocycles. The van der Waals surface area contributed by atoms with Crippen LogP contribution >= 0.6 is 0 Å². The van der Waals surface area contributed by atoms with E-state index in [9.17, 15) is 18.0 Å². The van der Waals surface area contributed by atoms with Gasteiger partial charge in [-0.2, -0.15) is 13.2 Å². The van der Waals surface area contributed by atoms with E-state index < -0.39 is 11.7 Å². The second-order valence-electron chi connectivity index (χ2n) is 6.54. The molecule has 1 heterocycles. The Hall–Kier alpha value is -1.56. The van der Waals surface area contributed by atoms with Gasteiger partial charge in [0.25, 0.3) is 0 Å². The molecule has 3 unspecified atom stereocenters. The number of hydrogen-bond acceptors (Lipinski definition) is 2. The fraction of sp³-hybridized carbons (Fsp3) is 0.611. The summed E-state index contributed by atoms with van der Waals surface area (Å²) < 4.78 is 37.9. The molecule has 1 saturated heterocycles. The molecule has 1 aliphatic rings. The van der Waals surface area contributed by atoms with Crippen molar-refractivity contribution in [3.8, 4) is 0 Å². The Morgan fingerprint density at radius 3 is 2.46 bits per heavy atom. The highest BCUT2D eigenvalue weighted by Crippen LogP contribution is 2.30. The minimum Gasteiger partial charge on any atom is -0.343 e. The molecule has 134 valence electrons. The van der Waals surface area contributed by atoms with Crippen LogP contribution < -0.4 is 5.32 Å². The van der Waals surface area contributed by atoms with Crippen LogP contribution in [0.1, 0.15) is 50.8 Å². The number of amides is 1. The highest BCUT2D eigenvalue weighted by atomic mass is 19.4. The molecule has 0 bridgehead atoms. The van der Waals surface area contributed by atoms with Crippen LogP contribution in [0, 0.1) is 5.92 Å². The Bertz CT molecular complexity index is 556. The third kappa shape index (κ3) is 4.50. The summed E-state index contributed by atoms with van der Waals surface area (Å²) in [7, 11) is 0. The van der Waals surface area contributed by atoms with E-state index in [2.05, 4.69) is 12.2 Å². The number of likely N-dealkylation sites (tertiary alicyclic amines) is 1. The predicted octanol–water partition coefficient (Wildman–Crippen LogP) is 4.00. The van der Waals surface area contributed by atoms with E-state index in [4.69, 9.17) is 0 Å². The fourth-order valence-corrected chi connectivity index (χ4v) is 3.33. The lowest BCUT2D eigenvalue weighted by atomic mass is 9.88. The molecular weight excluding hydrogens is 317 g/mol. The standard InChI is InChI=1S/C18H25F3N2O/c1-4-14-11-23(13(3)24)10-9-17(14)22-12(2)15-5-7-16(8-6-15)18(19,20)21/h5-8,12,14,17,22H,4,9-11H2,1-3H3. The summed E-state index contributed by atoms with van der Waals surface area (Å²) >= 11 is 0. The SMILES string of the molecule is CCC1CN(C(C)=O)CCC1NC(C)c1ccc(C(F)(F)F)cc1. The number of nitrogens with zero attached hydrogens (tertiary/aromatic N) is 1. The molecule has 24 heavy (non-hydrogen) atoms. The van der Waals surface area contributed by atoms with Crippen molar-refractivity contribution in [3.63, 3.8) is 0 Å². The second kappa shape index (κ2) is 7.55. The van der Waals surface area contributed by atoms with Crippen molar-refractivity contribution < 1.29 is 18.0 Å². The lowest BCUT2D eigenvalue weighted by Crippen LogP contribution is -2.50. The maximum atomic E-state index is 12.6. The first kappa shape index (κ1) is 18.8. The van der Waals surface area contributed by atoms with Crippen molar-refractivity contribution in [2.75, 3.05) is 13.1 Å². The van der Waals surface area contributed by atoms with Gasteiger partial charge in [0, 0.05) is 32.1 Å². The fourth-order valence-electron chi connectivity index (χ4n) is 3.33. The van der Waals surface area contributed by atoms with Crippen molar-refractivity contribution in [1.82, 2.24) is 10.2 Å². The van der Waals surface area contributed by atoms with E-state index in [0.717, 1.165) is 43.6 Å². The van der Waals surface area contributed by atoms with E-state index in [1.165, 1.54) is 12.1 Å². The molecular formula is C18H25F3N2O. The zero-order valence-corrected chi connectivity index (χ0v) is 14.4. The highest BCUT2D eigenvalue weighted by molar-refractivity contribution is 5.73. The van der Waals surface area contributed by atoms with E-state index in [1.54, 1.807) is 6.92 Å². The normalized spacial score (nSPS) is 23.2. The van der Waals surface area contributed by atoms with Gasteiger partial charge in [-0.05, 0) is 37.0 Å². The largest absolute Gasteiger partial charge is 0.416 e. The molecule has 1 aliphatic heterocycles. The lowest BCUT2D eigenvalue weighted by molar-refractivity contribution is -0.137. The topological polar surface area (TPSA) is 32.3 Å². The summed E-state index contributed by atoms with van der Waals surface area (Å²) in [4.78, 5) is 13.4. The minimum absolute atomic E-state index is 0.0322. The summed E-state index contributed by atoms with van der Waals surface area (Å²) in [6.45, 7) is 7.12. The Balaban J connectivity index is 2.01. The van der Waals surface area contributed by atoms with E-state index >= 15 is 0 Å². The van der Waals surface area contributed by atoms with Crippen molar-refractivity contribution in [3.05, 3.63) is 35.4 Å². The van der Waals surface area contributed by atoms with Gasteiger partial charge in [0.15, 0.2) is 0 Å². The number of halogens is 3. The number of piperidine rings is 1.